The predicted molar refractivity (Wildman–Crippen MR) is 127 cm³/mol. The number of nitrogens with zero attached hydrogens (tertiary/aromatic N) is 3. The molecule has 1 aliphatic heterocycles. The number of nitro benzene ring substituents is 2. The molecule has 180 valence electrons. The highest BCUT2D eigenvalue weighted by Gasteiger charge is 2.37. The maximum atomic E-state index is 13.1. The van der Waals surface area contributed by atoms with Gasteiger partial charge < -0.3 is 4.74 Å². The van der Waals surface area contributed by atoms with Crippen LogP contribution in [0, 0.1) is 20.2 Å². The number of rotatable bonds is 6. The molecular weight excluding hydrogens is 496 g/mol. The van der Waals surface area contributed by atoms with E-state index in [4.69, 9.17) is 16.3 Å². The summed E-state index contributed by atoms with van der Waals surface area (Å²) in [6, 6.07) is 13.8. The number of nitro groups is 2. The first-order valence-electron chi connectivity index (χ1n) is 10.0. The monoisotopic (exact) mass is 508 g/mol. The fraction of sp³-hybridized carbons (Fsp3) is 0. The zero-order valence-corrected chi connectivity index (χ0v) is 18.7. The number of carbonyl (C=O) groups is 3. The normalized spacial score (nSPS) is 14.5. The summed E-state index contributed by atoms with van der Waals surface area (Å²) in [5.41, 5.74) is -1.27. The van der Waals surface area contributed by atoms with E-state index in [2.05, 4.69) is 5.32 Å². The van der Waals surface area contributed by atoms with Crippen LogP contribution in [0.15, 0.2) is 72.3 Å². The quantitative estimate of drug-likeness (QED) is 0.218. The zero-order chi connectivity index (χ0) is 26.0. The molecule has 1 N–H and O–H groups in total. The molecule has 0 spiro atoms. The lowest BCUT2D eigenvalue weighted by atomic mass is 10.1. The number of anilines is 1. The topological polar surface area (TPSA) is 162 Å². The molecule has 12 nitrogen and oxygen atoms in total. The van der Waals surface area contributed by atoms with E-state index in [0.717, 1.165) is 29.2 Å². The molecule has 3 aromatic carbocycles. The van der Waals surface area contributed by atoms with Crippen molar-refractivity contribution in [3.8, 4) is 11.5 Å². The predicted octanol–water partition coefficient (Wildman–Crippen LogP) is 4.62. The number of nitrogens with one attached hydrogen (secondary N) is 1. The van der Waals surface area contributed by atoms with Crippen LogP contribution >= 0.6 is 11.6 Å². The first-order chi connectivity index (χ1) is 17.2. The Kier molecular flexibility index (Phi) is 6.44. The summed E-state index contributed by atoms with van der Waals surface area (Å²) in [4.78, 5) is 59.6. The molecule has 1 saturated heterocycles. The molecule has 13 heteroatoms. The van der Waals surface area contributed by atoms with Gasteiger partial charge in [-0.1, -0.05) is 35.9 Å². The van der Waals surface area contributed by atoms with E-state index in [1.807, 2.05) is 0 Å². The van der Waals surface area contributed by atoms with Gasteiger partial charge in [0, 0.05) is 16.7 Å². The van der Waals surface area contributed by atoms with Crippen LogP contribution in [0.5, 0.6) is 11.5 Å². The van der Waals surface area contributed by atoms with Crippen molar-refractivity contribution >= 4 is 52.6 Å². The van der Waals surface area contributed by atoms with Gasteiger partial charge in [-0.2, -0.15) is 0 Å². The Morgan fingerprint density at radius 1 is 0.889 bits per heavy atom. The van der Waals surface area contributed by atoms with E-state index in [9.17, 15) is 34.6 Å². The summed E-state index contributed by atoms with van der Waals surface area (Å²) >= 11 is 5.96. The Labute approximate surface area is 206 Å². The first-order valence-corrected chi connectivity index (χ1v) is 10.4. The second-order valence-corrected chi connectivity index (χ2v) is 7.68. The first kappa shape index (κ1) is 24.0. The summed E-state index contributed by atoms with van der Waals surface area (Å²) in [5, 5.41) is 24.8. The van der Waals surface area contributed by atoms with Gasteiger partial charge in [-0.25, -0.2) is 9.69 Å². The molecule has 1 aliphatic rings. The number of urea groups is 1. The third-order valence-electron chi connectivity index (χ3n) is 4.96. The van der Waals surface area contributed by atoms with Gasteiger partial charge in [-0.15, -0.1) is 0 Å². The number of para-hydroxylation sites is 1. The van der Waals surface area contributed by atoms with E-state index < -0.39 is 44.6 Å². The third kappa shape index (κ3) is 4.74. The minimum atomic E-state index is -0.963. The average Bonchev–Trinajstić information content (AvgIpc) is 2.82. The number of hydrogen-bond donors (Lipinski definition) is 1. The smallest absolute Gasteiger partial charge is 0.335 e. The molecular formula is C23H13ClN4O8. The number of hydrogen-bond acceptors (Lipinski definition) is 8. The lowest BCUT2D eigenvalue weighted by Gasteiger charge is -2.26. The van der Waals surface area contributed by atoms with Crippen molar-refractivity contribution in [2.24, 2.45) is 0 Å². The fourth-order valence-corrected chi connectivity index (χ4v) is 3.51. The minimum absolute atomic E-state index is 0.00811. The van der Waals surface area contributed by atoms with Gasteiger partial charge in [0.15, 0.2) is 0 Å². The fourth-order valence-electron chi connectivity index (χ4n) is 3.32. The minimum Gasteiger partial charge on any atom is -0.449 e. The number of carbonyl (C=O) groups excluding carboxylic acids is 3. The van der Waals surface area contributed by atoms with Crippen molar-refractivity contribution in [2.75, 3.05) is 4.90 Å². The number of amides is 4. The summed E-state index contributed by atoms with van der Waals surface area (Å²) in [7, 11) is 0. The highest BCUT2D eigenvalue weighted by atomic mass is 35.5. The number of ether oxygens (including phenoxy) is 1. The Balaban J connectivity index is 1.73. The summed E-state index contributed by atoms with van der Waals surface area (Å²) in [6.07, 6.45) is 1.16. The van der Waals surface area contributed by atoms with Crippen molar-refractivity contribution in [1.29, 1.82) is 0 Å². The van der Waals surface area contributed by atoms with Crippen molar-refractivity contribution < 1.29 is 29.0 Å². The van der Waals surface area contributed by atoms with Crippen LogP contribution in [0.3, 0.4) is 0 Å². The second-order valence-electron chi connectivity index (χ2n) is 7.24. The molecule has 0 aromatic heterocycles. The van der Waals surface area contributed by atoms with Crippen molar-refractivity contribution in [1.82, 2.24) is 5.32 Å². The van der Waals surface area contributed by atoms with E-state index in [0.29, 0.717) is 0 Å². The van der Waals surface area contributed by atoms with Crippen LogP contribution in [0.1, 0.15) is 5.56 Å². The van der Waals surface area contributed by atoms with Gasteiger partial charge in [0.2, 0.25) is 5.75 Å². The highest BCUT2D eigenvalue weighted by molar-refractivity contribution is 6.39. The van der Waals surface area contributed by atoms with Crippen molar-refractivity contribution in [3.05, 3.63) is 103 Å². The molecule has 4 amide bonds. The Bertz CT molecular complexity index is 1490. The van der Waals surface area contributed by atoms with Crippen LogP contribution in [-0.2, 0) is 9.59 Å². The lowest BCUT2D eigenvalue weighted by molar-refractivity contribution is -0.394. The van der Waals surface area contributed by atoms with E-state index >= 15 is 0 Å². The van der Waals surface area contributed by atoms with Gasteiger partial charge >= 0.3 is 11.7 Å². The molecule has 3 aromatic rings. The van der Waals surface area contributed by atoms with Crippen LogP contribution < -0.4 is 15.0 Å². The standard InChI is InChI=1S/C23H13ClN4O8/c24-14-5-3-6-15(11-14)26-22(30)17(21(29)25-23(26)31)10-13-4-1-2-7-19(13)36-20-9-8-16(27(32)33)12-18(20)28(34)35/h1-12H,(H,25,29,31)/b17-10+. The van der Waals surface area contributed by atoms with Gasteiger partial charge in [0.1, 0.15) is 11.3 Å². The zero-order valence-electron chi connectivity index (χ0n) is 17.9. The Morgan fingerprint density at radius 3 is 2.33 bits per heavy atom. The van der Waals surface area contributed by atoms with Crippen LogP contribution in [0.25, 0.3) is 6.08 Å². The van der Waals surface area contributed by atoms with Crippen LogP contribution in [0.4, 0.5) is 21.9 Å². The Morgan fingerprint density at radius 2 is 1.64 bits per heavy atom. The number of benzene rings is 3. The molecule has 0 unspecified atom stereocenters. The van der Waals surface area contributed by atoms with Crippen molar-refractivity contribution in [2.45, 2.75) is 0 Å². The maximum Gasteiger partial charge on any atom is 0.335 e. The number of barbiturate groups is 1. The molecule has 0 saturated carbocycles. The number of halogens is 1. The number of non-ortho nitro benzene ring substituents is 1. The summed E-state index contributed by atoms with van der Waals surface area (Å²) in [5.74, 6) is -2.18. The van der Waals surface area contributed by atoms with E-state index in [-0.39, 0.29) is 27.8 Å². The Hall–Kier alpha value is -5.10. The van der Waals surface area contributed by atoms with Gasteiger partial charge in [-0.3, -0.25) is 35.1 Å². The van der Waals surface area contributed by atoms with E-state index in [1.165, 1.54) is 30.3 Å². The summed E-state index contributed by atoms with van der Waals surface area (Å²) < 4.78 is 5.65. The van der Waals surface area contributed by atoms with Gasteiger partial charge in [0.25, 0.3) is 17.5 Å². The van der Waals surface area contributed by atoms with Gasteiger partial charge in [0.05, 0.1) is 21.6 Å². The molecule has 1 fully saturated rings. The molecule has 0 atom stereocenters. The van der Waals surface area contributed by atoms with Gasteiger partial charge in [-0.05, 0) is 36.4 Å². The molecule has 36 heavy (non-hydrogen) atoms. The highest BCUT2D eigenvalue weighted by Crippen LogP contribution is 2.36. The largest absolute Gasteiger partial charge is 0.449 e. The molecule has 0 bridgehead atoms. The van der Waals surface area contributed by atoms with Crippen LogP contribution in [-0.4, -0.2) is 27.7 Å². The molecule has 0 radical (unpaired) electrons. The maximum absolute atomic E-state index is 13.1. The number of imide groups is 2. The van der Waals surface area contributed by atoms with Crippen molar-refractivity contribution in [3.63, 3.8) is 0 Å². The van der Waals surface area contributed by atoms with Crippen LogP contribution in [0.2, 0.25) is 5.02 Å². The molecule has 0 aliphatic carbocycles. The molecule has 4 rings (SSSR count). The molecule has 1 heterocycles. The SMILES string of the molecule is O=C1NC(=O)N(c2cccc(Cl)c2)C(=O)/C1=C/c1ccccc1Oc1ccc([N+](=O)[O-])cc1[N+](=O)[O-]. The third-order valence-corrected chi connectivity index (χ3v) is 5.19. The summed E-state index contributed by atoms with van der Waals surface area (Å²) in [6.45, 7) is 0. The van der Waals surface area contributed by atoms with E-state index in [1.54, 1.807) is 18.2 Å². The average molecular weight is 509 g/mol. The second kappa shape index (κ2) is 9.64. The lowest BCUT2D eigenvalue weighted by Crippen LogP contribution is -2.54.